The van der Waals surface area contributed by atoms with Crippen LogP contribution in [0.15, 0.2) is 41.3 Å². The largest absolute Gasteiger partial charge is 0.322 e. The van der Waals surface area contributed by atoms with Gasteiger partial charge in [0.1, 0.15) is 0 Å². The molecule has 0 radical (unpaired) electrons. The molecule has 9 heteroatoms. The highest BCUT2D eigenvalue weighted by Gasteiger charge is 2.26. The molecule has 0 unspecified atom stereocenters. The van der Waals surface area contributed by atoms with Crippen LogP contribution in [0, 0.1) is 17.5 Å². The number of anilines is 1. The minimum atomic E-state index is -3.61. The minimum absolute atomic E-state index is 0.0846. The second-order valence-electron chi connectivity index (χ2n) is 6.17. The zero-order valence-electron chi connectivity index (χ0n) is 14.2. The molecule has 0 atom stereocenters. The summed E-state index contributed by atoms with van der Waals surface area (Å²) < 4.78 is 66.4. The van der Waals surface area contributed by atoms with Crippen molar-refractivity contribution in [3.8, 4) is 0 Å². The third-order valence-electron chi connectivity index (χ3n) is 4.34. The van der Waals surface area contributed by atoms with Crippen LogP contribution >= 0.6 is 0 Å². The fourth-order valence-electron chi connectivity index (χ4n) is 2.86. The lowest BCUT2D eigenvalue weighted by Gasteiger charge is -2.25. The van der Waals surface area contributed by atoms with Crippen molar-refractivity contribution >= 4 is 21.6 Å². The number of carbonyl (C=O) groups is 1. The first-order valence-electron chi connectivity index (χ1n) is 8.36. The smallest absolute Gasteiger partial charge is 0.258 e. The second-order valence-corrected chi connectivity index (χ2v) is 8.10. The first kappa shape index (κ1) is 19.4. The maximum atomic E-state index is 13.7. The van der Waals surface area contributed by atoms with Gasteiger partial charge in [-0.25, -0.2) is 21.6 Å². The number of halogens is 3. The average Bonchev–Trinajstić information content (AvgIpc) is 2.67. The molecule has 2 aromatic carbocycles. The summed E-state index contributed by atoms with van der Waals surface area (Å²) in [6, 6.07) is 6.86. The molecule has 144 valence electrons. The van der Waals surface area contributed by atoms with Crippen molar-refractivity contribution in [1.82, 2.24) is 4.31 Å². The third kappa shape index (κ3) is 3.98. The number of sulfonamides is 1. The number of nitrogens with one attached hydrogen (secondary N) is 1. The van der Waals surface area contributed by atoms with Crippen molar-refractivity contribution < 1.29 is 26.4 Å². The van der Waals surface area contributed by atoms with Gasteiger partial charge < -0.3 is 5.32 Å². The van der Waals surface area contributed by atoms with E-state index in [9.17, 15) is 26.4 Å². The summed E-state index contributed by atoms with van der Waals surface area (Å²) in [4.78, 5) is 12.1. The highest BCUT2D eigenvalue weighted by atomic mass is 32.2. The molecule has 0 spiro atoms. The van der Waals surface area contributed by atoms with Gasteiger partial charge in [0.2, 0.25) is 10.0 Å². The molecule has 1 aliphatic rings. The van der Waals surface area contributed by atoms with Crippen LogP contribution in [-0.4, -0.2) is 31.7 Å². The van der Waals surface area contributed by atoms with E-state index in [1.807, 2.05) is 0 Å². The molecule has 1 amide bonds. The predicted molar refractivity (Wildman–Crippen MR) is 93.3 cm³/mol. The van der Waals surface area contributed by atoms with Crippen LogP contribution in [-0.2, 0) is 10.0 Å². The molecule has 1 heterocycles. The van der Waals surface area contributed by atoms with Crippen LogP contribution in [0.1, 0.15) is 29.6 Å². The SMILES string of the molecule is O=C(Nc1ccc(S(=O)(=O)N2CCCCC2)cc1)c1ccc(F)c(F)c1F. The van der Waals surface area contributed by atoms with Gasteiger partial charge in [-0.1, -0.05) is 6.42 Å². The van der Waals surface area contributed by atoms with E-state index in [0.717, 1.165) is 25.3 Å². The summed E-state index contributed by atoms with van der Waals surface area (Å²) in [6.07, 6.45) is 2.62. The van der Waals surface area contributed by atoms with Gasteiger partial charge in [-0.3, -0.25) is 4.79 Å². The van der Waals surface area contributed by atoms with Gasteiger partial charge in [0.25, 0.3) is 5.91 Å². The molecule has 1 fully saturated rings. The molecule has 0 aliphatic carbocycles. The Kier molecular flexibility index (Phi) is 5.52. The van der Waals surface area contributed by atoms with Crippen LogP contribution in [0.4, 0.5) is 18.9 Å². The van der Waals surface area contributed by atoms with E-state index in [4.69, 9.17) is 0 Å². The molecule has 1 aliphatic heterocycles. The highest BCUT2D eigenvalue weighted by Crippen LogP contribution is 2.23. The molecule has 2 aromatic rings. The van der Waals surface area contributed by atoms with Crippen LogP contribution in [0.2, 0.25) is 0 Å². The normalized spacial score (nSPS) is 15.5. The van der Waals surface area contributed by atoms with E-state index in [0.29, 0.717) is 19.2 Å². The first-order chi connectivity index (χ1) is 12.8. The Labute approximate surface area is 154 Å². The number of carbonyl (C=O) groups excluding carboxylic acids is 1. The van der Waals surface area contributed by atoms with Crippen molar-refractivity contribution in [2.24, 2.45) is 0 Å². The van der Waals surface area contributed by atoms with Crippen molar-refractivity contribution in [3.05, 3.63) is 59.4 Å². The van der Waals surface area contributed by atoms with E-state index in [1.165, 1.54) is 28.6 Å². The minimum Gasteiger partial charge on any atom is -0.322 e. The Hall–Kier alpha value is -2.39. The number of hydrogen-bond acceptors (Lipinski definition) is 3. The van der Waals surface area contributed by atoms with Gasteiger partial charge in [-0.15, -0.1) is 0 Å². The lowest BCUT2D eigenvalue weighted by Crippen LogP contribution is -2.35. The maximum absolute atomic E-state index is 13.7. The van der Waals surface area contributed by atoms with Gasteiger partial charge >= 0.3 is 0 Å². The van der Waals surface area contributed by atoms with Gasteiger partial charge in [-0.05, 0) is 49.2 Å². The summed E-state index contributed by atoms with van der Waals surface area (Å²) in [5, 5.41) is 2.33. The molecule has 0 aromatic heterocycles. The van der Waals surface area contributed by atoms with E-state index in [2.05, 4.69) is 5.32 Å². The Balaban J connectivity index is 1.76. The van der Waals surface area contributed by atoms with Crippen molar-refractivity contribution in [1.29, 1.82) is 0 Å². The van der Waals surface area contributed by atoms with Gasteiger partial charge in [-0.2, -0.15) is 4.31 Å². The standard InChI is InChI=1S/C18H17F3N2O3S/c19-15-9-8-14(16(20)17(15)21)18(24)22-12-4-6-13(7-5-12)27(25,26)23-10-2-1-3-11-23/h4-9H,1-3,10-11H2,(H,22,24). The molecule has 5 nitrogen and oxygen atoms in total. The number of amides is 1. The topological polar surface area (TPSA) is 66.5 Å². The molecule has 1 saturated heterocycles. The molecular formula is C18H17F3N2O3S. The summed E-state index contributed by atoms with van der Waals surface area (Å²) in [6.45, 7) is 0.937. The average molecular weight is 398 g/mol. The number of piperidine rings is 1. The number of nitrogens with zero attached hydrogens (tertiary/aromatic N) is 1. The fourth-order valence-corrected chi connectivity index (χ4v) is 4.38. The molecule has 1 N–H and O–H groups in total. The zero-order valence-corrected chi connectivity index (χ0v) is 15.0. The van der Waals surface area contributed by atoms with Gasteiger partial charge in [0.15, 0.2) is 17.5 Å². The Morgan fingerprint density at radius 3 is 2.15 bits per heavy atom. The van der Waals surface area contributed by atoms with Crippen LogP contribution in [0.25, 0.3) is 0 Å². The number of benzene rings is 2. The van der Waals surface area contributed by atoms with Crippen molar-refractivity contribution in [2.75, 3.05) is 18.4 Å². The van der Waals surface area contributed by atoms with Crippen LogP contribution < -0.4 is 5.32 Å². The quantitative estimate of drug-likeness (QED) is 0.802. The predicted octanol–water partition coefficient (Wildman–Crippen LogP) is 3.53. The third-order valence-corrected chi connectivity index (χ3v) is 6.26. The van der Waals surface area contributed by atoms with Gasteiger partial charge in [0.05, 0.1) is 10.5 Å². The Morgan fingerprint density at radius 1 is 0.889 bits per heavy atom. The first-order valence-corrected chi connectivity index (χ1v) is 9.80. The zero-order chi connectivity index (χ0) is 19.6. The summed E-state index contributed by atoms with van der Waals surface area (Å²) in [5.41, 5.74) is -0.458. The maximum Gasteiger partial charge on any atom is 0.258 e. The number of rotatable bonds is 4. The van der Waals surface area contributed by atoms with Crippen molar-refractivity contribution in [3.63, 3.8) is 0 Å². The van der Waals surface area contributed by atoms with E-state index < -0.39 is 38.9 Å². The summed E-state index contributed by atoms with van der Waals surface area (Å²) in [7, 11) is -3.61. The molecule has 27 heavy (non-hydrogen) atoms. The monoisotopic (exact) mass is 398 g/mol. The molecule has 3 rings (SSSR count). The van der Waals surface area contributed by atoms with Gasteiger partial charge in [0, 0.05) is 18.8 Å². The van der Waals surface area contributed by atoms with Crippen molar-refractivity contribution in [2.45, 2.75) is 24.2 Å². The molecule has 0 bridgehead atoms. The fraction of sp³-hybridized carbons (Fsp3) is 0.278. The Morgan fingerprint density at radius 2 is 1.52 bits per heavy atom. The Bertz CT molecular complexity index is 957. The second kappa shape index (κ2) is 7.69. The summed E-state index contributed by atoms with van der Waals surface area (Å²) >= 11 is 0. The van der Waals surface area contributed by atoms with E-state index in [-0.39, 0.29) is 10.6 Å². The van der Waals surface area contributed by atoms with E-state index >= 15 is 0 Å². The lowest BCUT2D eigenvalue weighted by molar-refractivity contribution is 0.102. The lowest BCUT2D eigenvalue weighted by atomic mass is 10.1. The molecular weight excluding hydrogens is 381 g/mol. The molecule has 0 saturated carbocycles. The number of hydrogen-bond donors (Lipinski definition) is 1. The summed E-state index contributed by atoms with van der Waals surface area (Å²) in [5.74, 6) is -5.68. The highest BCUT2D eigenvalue weighted by molar-refractivity contribution is 7.89. The van der Waals surface area contributed by atoms with Crippen LogP contribution in [0.5, 0.6) is 0 Å². The van der Waals surface area contributed by atoms with E-state index in [1.54, 1.807) is 0 Å². The van der Waals surface area contributed by atoms with Crippen LogP contribution in [0.3, 0.4) is 0 Å².